The van der Waals surface area contributed by atoms with Gasteiger partial charge in [-0.05, 0) is 25.0 Å². The van der Waals surface area contributed by atoms with E-state index in [1.807, 2.05) is 10.6 Å². The molecule has 1 aliphatic carbocycles. The summed E-state index contributed by atoms with van der Waals surface area (Å²) in [6.45, 7) is 0. The van der Waals surface area contributed by atoms with E-state index in [1.165, 1.54) is 6.42 Å². The van der Waals surface area contributed by atoms with Gasteiger partial charge in [-0.1, -0.05) is 6.42 Å². The number of aromatic nitrogens is 2. The van der Waals surface area contributed by atoms with Crippen LogP contribution in [0, 0.1) is 0 Å². The lowest BCUT2D eigenvalue weighted by Crippen LogP contribution is -2.12. The first-order valence-electron chi connectivity index (χ1n) is 5.46. The first-order chi connectivity index (χ1) is 7.77. The molecular formula is C12H12N2O2. The van der Waals surface area contributed by atoms with E-state index < -0.39 is 5.97 Å². The minimum Gasteiger partial charge on any atom is -0.478 e. The van der Waals surface area contributed by atoms with Crippen molar-refractivity contribution in [3.8, 4) is 0 Å². The second-order valence-electron chi connectivity index (χ2n) is 4.23. The van der Waals surface area contributed by atoms with Crippen molar-refractivity contribution in [2.24, 2.45) is 0 Å². The molecule has 0 aromatic carbocycles. The van der Waals surface area contributed by atoms with Crippen LogP contribution in [0.25, 0.3) is 5.52 Å². The fourth-order valence-electron chi connectivity index (χ4n) is 2.19. The zero-order chi connectivity index (χ0) is 11.1. The minimum absolute atomic E-state index is 0.320. The maximum absolute atomic E-state index is 11.0. The van der Waals surface area contributed by atoms with Crippen LogP contribution in [0.3, 0.4) is 0 Å². The van der Waals surface area contributed by atoms with Crippen molar-refractivity contribution >= 4 is 11.5 Å². The summed E-state index contributed by atoms with van der Waals surface area (Å²) >= 11 is 0. The number of carboxylic acids is 1. The Bertz CT molecular complexity index is 555. The third kappa shape index (κ3) is 1.23. The van der Waals surface area contributed by atoms with Crippen LogP contribution in [-0.2, 0) is 0 Å². The summed E-state index contributed by atoms with van der Waals surface area (Å²) in [5.41, 5.74) is 1.01. The number of carboxylic acid groups (broad SMARTS) is 1. The fraction of sp³-hybridized carbons (Fsp3) is 0.333. The van der Waals surface area contributed by atoms with Gasteiger partial charge in [-0.3, -0.25) is 0 Å². The van der Waals surface area contributed by atoms with Crippen molar-refractivity contribution in [3.05, 3.63) is 35.9 Å². The highest BCUT2D eigenvalue weighted by molar-refractivity contribution is 5.95. The molecule has 1 N–H and O–H groups in total. The zero-order valence-corrected chi connectivity index (χ0v) is 8.76. The van der Waals surface area contributed by atoms with Gasteiger partial charge < -0.3 is 9.51 Å². The maximum Gasteiger partial charge on any atom is 0.337 e. The molecule has 1 aliphatic rings. The summed E-state index contributed by atoms with van der Waals surface area (Å²) in [5.74, 6) is 0.613. The predicted molar refractivity (Wildman–Crippen MR) is 58.7 cm³/mol. The van der Waals surface area contributed by atoms with Crippen molar-refractivity contribution in [1.82, 2.24) is 9.38 Å². The third-order valence-electron chi connectivity index (χ3n) is 3.30. The first-order valence-corrected chi connectivity index (χ1v) is 5.46. The molecule has 2 aromatic heterocycles. The van der Waals surface area contributed by atoms with Crippen molar-refractivity contribution in [3.63, 3.8) is 0 Å². The van der Waals surface area contributed by atoms with Crippen molar-refractivity contribution in [2.45, 2.75) is 25.2 Å². The normalized spacial score (nSPS) is 16.2. The van der Waals surface area contributed by atoms with E-state index in [4.69, 9.17) is 5.11 Å². The summed E-state index contributed by atoms with van der Waals surface area (Å²) < 4.78 is 1.91. The summed E-state index contributed by atoms with van der Waals surface area (Å²) in [6, 6.07) is 3.38. The lowest BCUT2D eigenvalue weighted by atomic mass is 9.85. The van der Waals surface area contributed by atoms with Crippen molar-refractivity contribution < 1.29 is 9.90 Å². The average Bonchev–Trinajstić information content (AvgIpc) is 2.59. The molecule has 0 radical (unpaired) electrons. The number of carbonyl (C=O) groups is 1. The highest BCUT2D eigenvalue weighted by Gasteiger charge is 2.24. The largest absolute Gasteiger partial charge is 0.478 e. The molecule has 0 unspecified atom stereocenters. The minimum atomic E-state index is -0.898. The van der Waals surface area contributed by atoms with Crippen LogP contribution in [0.4, 0.5) is 0 Å². The van der Waals surface area contributed by atoms with E-state index in [0.29, 0.717) is 17.0 Å². The molecule has 2 aromatic rings. The van der Waals surface area contributed by atoms with Gasteiger partial charge >= 0.3 is 5.97 Å². The predicted octanol–water partition coefficient (Wildman–Crippen LogP) is 2.30. The SMILES string of the molecule is O=C(O)c1cccn2c(C3CCC3)ncc12. The van der Waals surface area contributed by atoms with Crippen LogP contribution in [0.2, 0.25) is 0 Å². The van der Waals surface area contributed by atoms with Gasteiger partial charge in [0.05, 0.1) is 17.3 Å². The molecule has 2 heterocycles. The van der Waals surface area contributed by atoms with Gasteiger partial charge in [-0.15, -0.1) is 0 Å². The Morgan fingerprint density at radius 2 is 2.31 bits per heavy atom. The Kier molecular flexibility index (Phi) is 1.96. The molecule has 82 valence electrons. The van der Waals surface area contributed by atoms with Gasteiger partial charge in [0, 0.05) is 12.1 Å². The Balaban J connectivity index is 2.19. The summed E-state index contributed by atoms with van der Waals surface area (Å²) in [5, 5.41) is 9.06. The molecule has 1 fully saturated rings. The molecule has 3 rings (SSSR count). The van der Waals surface area contributed by atoms with Gasteiger partial charge in [-0.25, -0.2) is 9.78 Å². The van der Waals surface area contributed by atoms with Crippen LogP contribution in [0.15, 0.2) is 24.5 Å². The van der Waals surface area contributed by atoms with E-state index in [2.05, 4.69) is 4.98 Å². The fourth-order valence-corrected chi connectivity index (χ4v) is 2.19. The molecule has 0 aliphatic heterocycles. The number of hydrogen-bond donors (Lipinski definition) is 1. The highest BCUT2D eigenvalue weighted by Crippen LogP contribution is 2.35. The van der Waals surface area contributed by atoms with Crippen LogP contribution in [0.5, 0.6) is 0 Å². The first kappa shape index (κ1) is 9.39. The number of aromatic carboxylic acids is 1. The van der Waals surface area contributed by atoms with Gasteiger partial charge in [0.15, 0.2) is 0 Å². The van der Waals surface area contributed by atoms with E-state index in [9.17, 15) is 4.79 Å². The molecule has 4 heteroatoms. The number of hydrogen-bond acceptors (Lipinski definition) is 2. The van der Waals surface area contributed by atoms with Crippen LogP contribution >= 0.6 is 0 Å². The molecular weight excluding hydrogens is 204 g/mol. The molecule has 0 atom stereocenters. The average molecular weight is 216 g/mol. The van der Waals surface area contributed by atoms with Crippen molar-refractivity contribution in [1.29, 1.82) is 0 Å². The van der Waals surface area contributed by atoms with Crippen molar-refractivity contribution in [2.75, 3.05) is 0 Å². The highest BCUT2D eigenvalue weighted by atomic mass is 16.4. The number of nitrogens with zero attached hydrogens (tertiary/aromatic N) is 2. The quantitative estimate of drug-likeness (QED) is 0.838. The van der Waals surface area contributed by atoms with Gasteiger partial charge in [0.2, 0.25) is 0 Å². The third-order valence-corrected chi connectivity index (χ3v) is 3.30. The van der Waals surface area contributed by atoms with Gasteiger partial charge in [0.25, 0.3) is 0 Å². The van der Waals surface area contributed by atoms with E-state index in [1.54, 1.807) is 18.3 Å². The Hall–Kier alpha value is -1.84. The molecule has 4 nitrogen and oxygen atoms in total. The number of imidazole rings is 1. The smallest absolute Gasteiger partial charge is 0.337 e. The second kappa shape index (κ2) is 3.33. The summed E-state index contributed by atoms with van der Waals surface area (Å²) in [7, 11) is 0. The summed E-state index contributed by atoms with van der Waals surface area (Å²) in [4.78, 5) is 15.4. The molecule has 1 saturated carbocycles. The number of fused-ring (bicyclic) bond motifs is 1. The Morgan fingerprint density at radius 1 is 1.50 bits per heavy atom. The second-order valence-corrected chi connectivity index (χ2v) is 4.23. The van der Waals surface area contributed by atoms with E-state index in [-0.39, 0.29) is 0 Å². The van der Waals surface area contributed by atoms with E-state index >= 15 is 0 Å². The lowest BCUT2D eigenvalue weighted by Gasteiger charge is -2.24. The van der Waals surface area contributed by atoms with E-state index in [0.717, 1.165) is 18.7 Å². The topological polar surface area (TPSA) is 54.6 Å². The lowest BCUT2D eigenvalue weighted by molar-refractivity contribution is 0.0698. The van der Waals surface area contributed by atoms with Crippen LogP contribution in [-0.4, -0.2) is 20.5 Å². The standard InChI is InChI=1S/C12H12N2O2/c15-12(16)9-5-2-6-14-10(9)7-13-11(14)8-3-1-4-8/h2,5-8H,1,3-4H2,(H,15,16). The van der Waals surface area contributed by atoms with Crippen LogP contribution in [0.1, 0.15) is 41.4 Å². The molecule has 16 heavy (non-hydrogen) atoms. The molecule has 0 saturated heterocycles. The zero-order valence-electron chi connectivity index (χ0n) is 8.76. The molecule has 0 bridgehead atoms. The Morgan fingerprint density at radius 3 is 2.94 bits per heavy atom. The Labute approximate surface area is 92.5 Å². The molecule has 0 spiro atoms. The van der Waals surface area contributed by atoms with Gasteiger partial charge in [0.1, 0.15) is 5.82 Å². The summed E-state index contributed by atoms with van der Waals surface area (Å²) in [6.07, 6.45) is 7.13. The number of rotatable bonds is 2. The maximum atomic E-state index is 11.0. The number of pyridine rings is 1. The molecule has 0 amide bonds. The van der Waals surface area contributed by atoms with Crippen LogP contribution < -0.4 is 0 Å². The van der Waals surface area contributed by atoms with Gasteiger partial charge in [-0.2, -0.15) is 0 Å². The monoisotopic (exact) mass is 216 g/mol.